The molecule has 0 saturated carbocycles. The molecule has 20 heavy (non-hydrogen) atoms. The molecule has 1 aromatic carbocycles. The third kappa shape index (κ3) is 2.34. The molecule has 0 spiro atoms. The first-order valence-electron chi connectivity index (χ1n) is 6.51. The number of benzene rings is 1. The molecule has 1 heterocycles. The number of nitrogens with one attached hydrogen (secondary N) is 1. The van der Waals surface area contributed by atoms with E-state index in [4.69, 9.17) is 17.4 Å². The van der Waals surface area contributed by atoms with Crippen molar-refractivity contribution in [1.82, 2.24) is 9.97 Å². The van der Waals surface area contributed by atoms with Crippen LogP contribution in [0.3, 0.4) is 0 Å². The van der Waals surface area contributed by atoms with Crippen molar-refractivity contribution in [3.8, 4) is 11.4 Å². The molecular weight excluding hydrogens is 279 g/mol. The Hall–Kier alpha value is -1.72. The lowest BCUT2D eigenvalue weighted by Gasteiger charge is -2.18. The topological polar surface area (TPSA) is 63.8 Å². The summed E-state index contributed by atoms with van der Waals surface area (Å²) in [4.78, 5) is 8.99. The van der Waals surface area contributed by atoms with Crippen LogP contribution >= 0.6 is 11.6 Å². The molecule has 4 nitrogen and oxygen atoms in total. The lowest BCUT2D eigenvalue weighted by molar-refractivity contribution is 0.628. The zero-order valence-electron chi connectivity index (χ0n) is 10.8. The molecule has 104 valence electrons. The number of anilines is 1. The Bertz CT molecular complexity index is 643. The molecule has 1 aliphatic carbocycles. The number of hydrogen-bond donors (Lipinski definition) is 2. The largest absolute Gasteiger partial charge is 0.308 e. The van der Waals surface area contributed by atoms with Crippen LogP contribution < -0.4 is 11.3 Å². The molecule has 3 N–H and O–H groups in total. The fourth-order valence-corrected chi connectivity index (χ4v) is 2.66. The maximum Gasteiger partial charge on any atom is 0.161 e. The average Bonchev–Trinajstić information content (AvgIpc) is 2.49. The molecule has 0 aliphatic heterocycles. The van der Waals surface area contributed by atoms with Gasteiger partial charge in [0.1, 0.15) is 11.6 Å². The van der Waals surface area contributed by atoms with E-state index in [2.05, 4.69) is 15.4 Å². The van der Waals surface area contributed by atoms with Gasteiger partial charge in [-0.1, -0.05) is 11.6 Å². The van der Waals surface area contributed by atoms with Crippen LogP contribution in [0.15, 0.2) is 18.2 Å². The van der Waals surface area contributed by atoms with Crippen molar-refractivity contribution < 1.29 is 4.39 Å². The smallest absolute Gasteiger partial charge is 0.161 e. The molecular formula is C14H14ClFN4. The first-order valence-corrected chi connectivity index (χ1v) is 6.88. The summed E-state index contributed by atoms with van der Waals surface area (Å²) in [6, 6.07) is 4.46. The van der Waals surface area contributed by atoms with Crippen molar-refractivity contribution in [3.05, 3.63) is 40.3 Å². The van der Waals surface area contributed by atoms with E-state index in [1.54, 1.807) is 6.07 Å². The highest BCUT2D eigenvalue weighted by molar-refractivity contribution is 6.31. The van der Waals surface area contributed by atoms with Crippen LogP contribution in [0, 0.1) is 5.82 Å². The van der Waals surface area contributed by atoms with Gasteiger partial charge in [0.15, 0.2) is 5.82 Å². The number of aryl methyl sites for hydroxylation is 1. The highest BCUT2D eigenvalue weighted by Gasteiger charge is 2.18. The van der Waals surface area contributed by atoms with Gasteiger partial charge in [-0.15, -0.1) is 0 Å². The number of hydrazine groups is 1. The van der Waals surface area contributed by atoms with Crippen molar-refractivity contribution in [3.63, 3.8) is 0 Å². The number of halogens is 2. The Balaban J connectivity index is 2.11. The van der Waals surface area contributed by atoms with Gasteiger partial charge in [-0.05, 0) is 43.9 Å². The molecule has 0 bridgehead atoms. The fourth-order valence-electron chi connectivity index (χ4n) is 2.48. The molecule has 0 saturated heterocycles. The van der Waals surface area contributed by atoms with Crippen molar-refractivity contribution in [1.29, 1.82) is 0 Å². The number of aromatic nitrogens is 2. The van der Waals surface area contributed by atoms with E-state index in [0.717, 1.165) is 36.9 Å². The van der Waals surface area contributed by atoms with Gasteiger partial charge in [-0.2, -0.15) is 0 Å². The summed E-state index contributed by atoms with van der Waals surface area (Å²) in [6.07, 6.45) is 4.07. The minimum absolute atomic E-state index is 0.0612. The van der Waals surface area contributed by atoms with Crippen LogP contribution in [0.25, 0.3) is 11.4 Å². The van der Waals surface area contributed by atoms with E-state index in [-0.39, 0.29) is 5.02 Å². The Morgan fingerprint density at radius 2 is 2.00 bits per heavy atom. The molecule has 0 radical (unpaired) electrons. The molecule has 0 amide bonds. The van der Waals surface area contributed by atoms with Gasteiger partial charge in [0, 0.05) is 16.8 Å². The molecule has 2 aromatic rings. The average molecular weight is 293 g/mol. The van der Waals surface area contributed by atoms with Crippen LogP contribution in [-0.2, 0) is 12.8 Å². The Morgan fingerprint density at radius 3 is 2.75 bits per heavy atom. The Labute approximate surface area is 121 Å². The quantitative estimate of drug-likeness (QED) is 0.659. The third-order valence-electron chi connectivity index (χ3n) is 3.50. The molecule has 0 fully saturated rings. The van der Waals surface area contributed by atoms with E-state index < -0.39 is 5.82 Å². The molecule has 0 unspecified atom stereocenters. The highest BCUT2D eigenvalue weighted by atomic mass is 35.5. The van der Waals surface area contributed by atoms with E-state index in [9.17, 15) is 4.39 Å². The summed E-state index contributed by atoms with van der Waals surface area (Å²) >= 11 is 5.81. The minimum Gasteiger partial charge on any atom is -0.308 e. The molecule has 3 rings (SSSR count). The van der Waals surface area contributed by atoms with Crippen LogP contribution in [-0.4, -0.2) is 9.97 Å². The van der Waals surface area contributed by atoms with Crippen molar-refractivity contribution in [2.75, 3.05) is 5.43 Å². The van der Waals surface area contributed by atoms with Crippen LogP contribution in [0.1, 0.15) is 24.1 Å². The van der Waals surface area contributed by atoms with E-state index in [1.807, 2.05) is 0 Å². The maximum atomic E-state index is 13.2. The second-order valence-corrected chi connectivity index (χ2v) is 5.21. The van der Waals surface area contributed by atoms with Gasteiger partial charge in [0.2, 0.25) is 0 Å². The van der Waals surface area contributed by atoms with Crippen molar-refractivity contribution >= 4 is 17.4 Å². The number of fused-ring (bicyclic) bond motifs is 1. The second kappa shape index (κ2) is 5.34. The number of rotatable bonds is 2. The Morgan fingerprint density at radius 1 is 1.20 bits per heavy atom. The standard InChI is InChI=1S/C14H14ClFN4/c15-10-7-8(5-6-11(10)16)13-18-12-4-2-1-3-9(12)14(19-13)20-17/h5-7H,1-4,17H2,(H,18,19,20). The van der Waals surface area contributed by atoms with Crippen molar-refractivity contribution in [2.45, 2.75) is 25.7 Å². The summed E-state index contributed by atoms with van der Waals surface area (Å²) in [5, 5.41) is 0.0612. The molecule has 6 heteroatoms. The van der Waals surface area contributed by atoms with E-state index in [1.165, 1.54) is 12.1 Å². The number of hydrogen-bond acceptors (Lipinski definition) is 4. The molecule has 0 atom stereocenters. The van der Waals surface area contributed by atoms with Gasteiger partial charge in [0.05, 0.1) is 5.02 Å². The summed E-state index contributed by atoms with van der Waals surface area (Å²) in [6.45, 7) is 0. The SMILES string of the molecule is NNc1nc(-c2ccc(F)c(Cl)c2)nc2c1CCCC2. The summed E-state index contributed by atoms with van der Waals surface area (Å²) in [7, 11) is 0. The Kier molecular flexibility index (Phi) is 3.54. The van der Waals surface area contributed by atoms with Gasteiger partial charge >= 0.3 is 0 Å². The monoisotopic (exact) mass is 292 g/mol. The number of nitrogens with two attached hydrogens (primary N) is 1. The number of nitrogens with zero attached hydrogens (tertiary/aromatic N) is 2. The van der Waals surface area contributed by atoms with Gasteiger partial charge < -0.3 is 5.43 Å². The fraction of sp³-hybridized carbons (Fsp3) is 0.286. The zero-order chi connectivity index (χ0) is 14.1. The van der Waals surface area contributed by atoms with Gasteiger partial charge in [0.25, 0.3) is 0 Å². The van der Waals surface area contributed by atoms with Crippen LogP contribution in [0.5, 0.6) is 0 Å². The predicted molar refractivity (Wildman–Crippen MR) is 76.9 cm³/mol. The van der Waals surface area contributed by atoms with Crippen molar-refractivity contribution in [2.24, 2.45) is 5.84 Å². The second-order valence-electron chi connectivity index (χ2n) is 4.80. The maximum absolute atomic E-state index is 13.2. The lowest BCUT2D eigenvalue weighted by Crippen LogP contribution is -2.17. The van der Waals surface area contributed by atoms with E-state index in [0.29, 0.717) is 17.2 Å². The minimum atomic E-state index is -0.453. The lowest BCUT2D eigenvalue weighted by atomic mass is 9.96. The highest BCUT2D eigenvalue weighted by Crippen LogP contribution is 2.29. The third-order valence-corrected chi connectivity index (χ3v) is 3.79. The van der Waals surface area contributed by atoms with Gasteiger partial charge in [-0.3, -0.25) is 0 Å². The molecule has 1 aliphatic rings. The van der Waals surface area contributed by atoms with E-state index >= 15 is 0 Å². The summed E-state index contributed by atoms with van der Waals surface area (Å²) in [5.74, 6) is 6.25. The van der Waals surface area contributed by atoms with Crippen LogP contribution in [0.2, 0.25) is 5.02 Å². The summed E-state index contributed by atoms with van der Waals surface area (Å²) < 4.78 is 13.2. The summed E-state index contributed by atoms with van der Waals surface area (Å²) in [5.41, 5.74) is 5.40. The first kappa shape index (κ1) is 13.3. The number of nitrogen functional groups attached to an aromatic ring is 1. The first-order chi connectivity index (χ1) is 9.69. The zero-order valence-corrected chi connectivity index (χ0v) is 11.5. The molecule has 1 aromatic heterocycles. The predicted octanol–water partition coefficient (Wildman–Crippen LogP) is 3.10. The normalized spacial score (nSPS) is 13.9. The van der Waals surface area contributed by atoms with Gasteiger partial charge in [-0.25, -0.2) is 20.2 Å². The van der Waals surface area contributed by atoms with Crippen LogP contribution in [0.4, 0.5) is 10.2 Å².